The predicted octanol–water partition coefficient (Wildman–Crippen LogP) is 6.53. The van der Waals surface area contributed by atoms with Gasteiger partial charge in [0.15, 0.2) is 5.65 Å². The molecule has 0 radical (unpaired) electrons. The van der Waals surface area contributed by atoms with Crippen LogP contribution in [0.15, 0.2) is 30.7 Å². The fourth-order valence-electron chi connectivity index (χ4n) is 7.68. The molecule has 12 nitrogen and oxygen atoms in total. The lowest BCUT2D eigenvalue weighted by Crippen LogP contribution is -2.48. The number of nitrogens with zero attached hydrogens (tertiary/aromatic N) is 6. The van der Waals surface area contributed by atoms with Crippen molar-refractivity contribution in [2.45, 2.75) is 104 Å². The first kappa shape index (κ1) is 35.4. The molecule has 0 spiro atoms. The fraction of sp³-hybridized carbons (Fsp3) is 0.553. The molecule has 6 rings (SSSR count). The van der Waals surface area contributed by atoms with E-state index >= 15 is 0 Å². The predicted molar refractivity (Wildman–Crippen MR) is 192 cm³/mol. The number of likely N-dealkylation sites (tertiary alicyclic amines) is 2. The maximum absolute atomic E-state index is 14.5. The zero-order valence-corrected chi connectivity index (χ0v) is 30.5. The Labute approximate surface area is 293 Å². The van der Waals surface area contributed by atoms with E-state index in [0.717, 1.165) is 89.7 Å². The van der Waals surface area contributed by atoms with Crippen LogP contribution in [0.2, 0.25) is 0 Å². The van der Waals surface area contributed by atoms with E-state index in [-0.39, 0.29) is 37.1 Å². The molecular formula is C38H51N7O5. The van der Waals surface area contributed by atoms with E-state index in [9.17, 15) is 14.4 Å². The molecule has 268 valence electrons. The van der Waals surface area contributed by atoms with Crippen molar-refractivity contribution in [1.29, 1.82) is 0 Å². The molecule has 5 heterocycles. The monoisotopic (exact) mass is 685 g/mol. The standard InChI is InChI=1S/C38H51N7O5/c1-23(2)33-29-18-27(26-13-16-42(17-14-26)20-32(39)46)11-12-31(29)45(34(33)30-19-44-35(40-22-41-44)25(4)24(30)3)37(48)49-21-28-10-8-9-15-43(28)36(47)50-38(5,6)7/h11-12,18-19,22-23,26,28H,8-10,13-17,20-21H2,1-7H3,(H2,39,46). The van der Waals surface area contributed by atoms with Gasteiger partial charge in [0.05, 0.1) is 23.8 Å². The Morgan fingerprint density at radius 2 is 1.74 bits per heavy atom. The third-order valence-corrected chi connectivity index (χ3v) is 10.3. The number of nitrogens with two attached hydrogens (primary N) is 1. The summed E-state index contributed by atoms with van der Waals surface area (Å²) in [5.74, 6) is 0.0899. The first-order valence-electron chi connectivity index (χ1n) is 17.9. The lowest BCUT2D eigenvalue weighted by molar-refractivity contribution is -0.119. The largest absolute Gasteiger partial charge is 0.447 e. The molecule has 50 heavy (non-hydrogen) atoms. The summed E-state index contributed by atoms with van der Waals surface area (Å²) < 4.78 is 15.4. The zero-order valence-electron chi connectivity index (χ0n) is 30.5. The van der Waals surface area contributed by atoms with Gasteiger partial charge in [0, 0.05) is 23.7 Å². The molecule has 1 atom stereocenters. The average Bonchev–Trinajstić information content (AvgIpc) is 3.67. The summed E-state index contributed by atoms with van der Waals surface area (Å²) in [6.07, 6.45) is 7.01. The molecule has 2 saturated heterocycles. The Kier molecular flexibility index (Phi) is 9.94. The highest BCUT2D eigenvalue weighted by Gasteiger charge is 2.33. The normalized spacial score (nSPS) is 17.9. The minimum Gasteiger partial charge on any atom is -0.447 e. The molecule has 2 N–H and O–H groups in total. The molecule has 2 aliphatic rings. The summed E-state index contributed by atoms with van der Waals surface area (Å²) >= 11 is 0. The van der Waals surface area contributed by atoms with Crippen LogP contribution in [0.4, 0.5) is 9.59 Å². The molecule has 2 fully saturated rings. The van der Waals surface area contributed by atoms with Gasteiger partial charge < -0.3 is 20.1 Å². The minimum atomic E-state index is -0.622. The number of hydrogen-bond acceptors (Lipinski definition) is 8. The fourth-order valence-corrected chi connectivity index (χ4v) is 7.68. The number of ether oxygens (including phenoxy) is 2. The maximum atomic E-state index is 14.5. The number of piperidine rings is 2. The van der Waals surface area contributed by atoms with Gasteiger partial charge in [0.1, 0.15) is 18.5 Å². The van der Waals surface area contributed by atoms with Crippen molar-refractivity contribution in [3.05, 3.63) is 53.0 Å². The molecule has 1 unspecified atom stereocenters. The Balaban J connectivity index is 1.42. The van der Waals surface area contributed by atoms with Crippen LogP contribution < -0.4 is 5.73 Å². The summed E-state index contributed by atoms with van der Waals surface area (Å²) in [4.78, 5) is 47.4. The first-order chi connectivity index (χ1) is 23.7. The van der Waals surface area contributed by atoms with Gasteiger partial charge in [-0.25, -0.2) is 23.7 Å². The van der Waals surface area contributed by atoms with Gasteiger partial charge in [-0.05, 0) is 126 Å². The first-order valence-corrected chi connectivity index (χ1v) is 17.9. The van der Waals surface area contributed by atoms with Crippen LogP contribution >= 0.6 is 0 Å². The Hall–Kier alpha value is -4.45. The van der Waals surface area contributed by atoms with Crippen molar-refractivity contribution in [3.8, 4) is 11.3 Å². The SMILES string of the molecule is Cc1c(-c2c(C(C)C)c3cc(C4CCN(CC(N)=O)CC4)ccc3n2C(=O)OCC2CCCCN2C(=O)OC(C)(C)C)cn2ncnc2c1C. The summed E-state index contributed by atoms with van der Waals surface area (Å²) in [7, 11) is 0. The molecule has 0 bridgehead atoms. The van der Waals surface area contributed by atoms with Crippen molar-refractivity contribution in [1.82, 2.24) is 29.0 Å². The van der Waals surface area contributed by atoms with Crippen LogP contribution in [0.1, 0.15) is 101 Å². The number of carbonyl (C=O) groups is 3. The zero-order chi connectivity index (χ0) is 35.9. The van der Waals surface area contributed by atoms with E-state index in [1.54, 1.807) is 20.3 Å². The minimum absolute atomic E-state index is 0.0658. The number of aromatic nitrogens is 4. The second-order valence-corrected chi connectivity index (χ2v) is 15.3. The average molecular weight is 686 g/mol. The maximum Gasteiger partial charge on any atom is 0.419 e. The summed E-state index contributed by atoms with van der Waals surface area (Å²) in [6, 6.07) is 6.13. The molecule has 4 aromatic rings. The van der Waals surface area contributed by atoms with Gasteiger partial charge in [-0.2, -0.15) is 5.10 Å². The molecule has 2 amide bonds. The van der Waals surface area contributed by atoms with Crippen molar-refractivity contribution >= 4 is 34.6 Å². The number of benzene rings is 1. The Morgan fingerprint density at radius 1 is 1.00 bits per heavy atom. The van der Waals surface area contributed by atoms with Crippen molar-refractivity contribution < 1.29 is 23.9 Å². The second-order valence-electron chi connectivity index (χ2n) is 15.3. The smallest absolute Gasteiger partial charge is 0.419 e. The van der Waals surface area contributed by atoms with Crippen LogP contribution in [-0.2, 0) is 14.3 Å². The van der Waals surface area contributed by atoms with E-state index in [0.29, 0.717) is 12.5 Å². The highest BCUT2D eigenvalue weighted by molar-refractivity contribution is 6.01. The molecule has 3 aromatic heterocycles. The van der Waals surface area contributed by atoms with E-state index in [1.165, 1.54) is 5.56 Å². The molecule has 1 aromatic carbocycles. The lowest BCUT2D eigenvalue weighted by atomic mass is 9.87. The number of carbonyl (C=O) groups excluding carboxylic acids is 3. The highest BCUT2D eigenvalue weighted by atomic mass is 16.6. The number of aryl methyl sites for hydroxylation is 1. The quantitative estimate of drug-likeness (QED) is 0.232. The summed E-state index contributed by atoms with van der Waals surface area (Å²) in [5, 5.41) is 5.46. The molecule has 0 saturated carbocycles. The second kappa shape index (κ2) is 14.0. The van der Waals surface area contributed by atoms with Gasteiger partial charge in [-0.3, -0.25) is 9.69 Å². The number of pyridine rings is 1. The van der Waals surface area contributed by atoms with Gasteiger partial charge >= 0.3 is 12.2 Å². The number of primary amides is 1. The Morgan fingerprint density at radius 3 is 2.42 bits per heavy atom. The van der Waals surface area contributed by atoms with Crippen molar-refractivity contribution in [2.24, 2.45) is 5.73 Å². The summed E-state index contributed by atoms with van der Waals surface area (Å²) in [5.41, 5.74) is 12.3. The number of hydrogen-bond donors (Lipinski definition) is 1. The number of rotatable bonds is 7. The Bertz CT molecular complexity index is 1910. The summed E-state index contributed by atoms with van der Waals surface area (Å²) in [6.45, 7) is 16.5. The van der Waals surface area contributed by atoms with E-state index in [2.05, 4.69) is 47.9 Å². The molecule has 12 heteroatoms. The van der Waals surface area contributed by atoms with Crippen LogP contribution in [0.25, 0.3) is 27.8 Å². The van der Waals surface area contributed by atoms with Gasteiger partial charge in [0.2, 0.25) is 5.91 Å². The molecule has 2 aliphatic heterocycles. The third kappa shape index (κ3) is 7.08. The highest BCUT2D eigenvalue weighted by Crippen LogP contribution is 2.42. The van der Waals surface area contributed by atoms with Crippen LogP contribution in [-0.4, -0.2) is 91.5 Å². The van der Waals surface area contributed by atoms with Crippen LogP contribution in [0.5, 0.6) is 0 Å². The topological polar surface area (TPSA) is 137 Å². The van der Waals surface area contributed by atoms with Gasteiger partial charge in [-0.1, -0.05) is 19.9 Å². The molecular weight excluding hydrogens is 634 g/mol. The third-order valence-electron chi connectivity index (χ3n) is 10.3. The van der Waals surface area contributed by atoms with Gasteiger partial charge in [0.25, 0.3) is 0 Å². The van der Waals surface area contributed by atoms with Crippen LogP contribution in [0, 0.1) is 13.8 Å². The van der Waals surface area contributed by atoms with E-state index in [4.69, 9.17) is 15.2 Å². The van der Waals surface area contributed by atoms with Gasteiger partial charge in [-0.15, -0.1) is 0 Å². The number of amides is 2. The lowest BCUT2D eigenvalue weighted by Gasteiger charge is -2.36. The molecule has 0 aliphatic carbocycles. The van der Waals surface area contributed by atoms with Crippen molar-refractivity contribution in [3.63, 3.8) is 0 Å². The van der Waals surface area contributed by atoms with E-state index in [1.807, 2.05) is 40.0 Å². The van der Waals surface area contributed by atoms with E-state index < -0.39 is 11.7 Å². The number of fused-ring (bicyclic) bond motifs is 2. The van der Waals surface area contributed by atoms with Crippen molar-refractivity contribution in [2.75, 3.05) is 32.8 Å². The van der Waals surface area contributed by atoms with Crippen LogP contribution in [0.3, 0.4) is 0 Å².